The van der Waals surface area contributed by atoms with Crippen molar-refractivity contribution in [1.29, 1.82) is 10.5 Å². The zero-order valence-corrected chi connectivity index (χ0v) is 15.5. The van der Waals surface area contributed by atoms with Crippen molar-refractivity contribution in [3.05, 3.63) is 0 Å². The maximum Gasteiger partial charge on any atom is 0.185 e. The van der Waals surface area contributed by atoms with Crippen LogP contribution in [0.2, 0.25) is 39.3 Å². The van der Waals surface area contributed by atoms with Gasteiger partial charge in [0.25, 0.3) is 0 Å². The van der Waals surface area contributed by atoms with Crippen LogP contribution in [0, 0.1) is 22.7 Å². The van der Waals surface area contributed by atoms with Gasteiger partial charge in [-0.1, -0.05) is 0 Å². The second-order valence-corrected chi connectivity index (χ2v) is 16.5. The summed E-state index contributed by atoms with van der Waals surface area (Å²) in [6.45, 7) is 12.6. The largest absolute Gasteiger partial charge is 0.400 e. The van der Waals surface area contributed by atoms with E-state index in [1.165, 1.54) is 0 Å². The highest BCUT2D eigenvalue weighted by atomic mass is 28.4. The quantitative estimate of drug-likeness (QED) is 0.741. The molecule has 0 heterocycles. The third-order valence-corrected chi connectivity index (χ3v) is 5.28. The van der Waals surface area contributed by atoms with Crippen LogP contribution in [0.15, 0.2) is 0 Å². The summed E-state index contributed by atoms with van der Waals surface area (Å²) in [5, 5.41) is 19.0. The minimum atomic E-state index is -1.78. The molecule has 0 spiro atoms. The van der Waals surface area contributed by atoms with Gasteiger partial charge in [-0.05, 0) is 65.0 Å². The number of rotatable bonds is 4. The van der Waals surface area contributed by atoms with Crippen LogP contribution in [-0.2, 0) is 8.85 Å². The highest BCUT2D eigenvalue weighted by Crippen LogP contribution is 2.41. The van der Waals surface area contributed by atoms with Crippen molar-refractivity contribution in [1.82, 2.24) is 0 Å². The first-order valence-electron chi connectivity index (χ1n) is 7.18. The predicted octanol–water partition coefficient (Wildman–Crippen LogP) is 3.79. The monoisotopic (exact) mass is 310 g/mol. The molecule has 0 aromatic rings. The molecular formula is C14H26N2O2Si2. The fraction of sp³-hybridized carbons (Fsp3) is 0.857. The van der Waals surface area contributed by atoms with Crippen LogP contribution >= 0.6 is 0 Å². The summed E-state index contributed by atoms with van der Waals surface area (Å²) in [5.41, 5.74) is -1.43. The molecule has 0 amide bonds. The van der Waals surface area contributed by atoms with Crippen molar-refractivity contribution in [2.45, 2.75) is 76.2 Å². The van der Waals surface area contributed by atoms with E-state index in [-0.39, 0.29) is 0 Å². The van der Waals surface area contributed by atoms with Crippen LogP contribution in [0.3, 0.4) is 0 Å². The molecule has 1 aliphatic rings. The molecule has 0 atom stereocenters. The zero-order valence-electron chi connectivity index (χ0n) is 13.5. The van der Waals surface area contributed by atoms with E-state index in [9.17, 15) is 10.5 Å². The Hall–Kier alpha value is -0.666. The number of nitriles is 2. The lowest BCUT2D eigenvalue weighted by atomic mass is 9.77. The molecule has 0 radical (unpaired) electrons. The second-order valence-electron chi connectivity index (χ2n) is 7.64. The van der Waals surface area contributed by atoms with Gasteiger partial charge in [-0.15, -0.1) is 0 Å². The van der Waals surface area contributed by atoms with Crippen molar-refractivity contribution in [2.24, 2.45) is 0 Å². The third-order valence-electron chi connectivity index (χ3n) is 3.28. The first kappa shape index (κ1) is 17.4. The molecule has 1 rings (SSSR count). The second kappa shape index (κ2) is 5.61. The molecule has 0 aliphatic heterocycles. The lowest BCUT2D eigenvalue weighted by Crippen LogP contribution is -2.51. The van der Waals surface area contributed by atoms with Gasteiger partial charge < -0.3 is 8.85 Å². The van der Waals surface area contributed by atoms with Gasteiger partial charge in [0.1, 0.15) is 11.2 Å². The molecule has 0 bridgehead atoms. The average Bonchev–Trinajstić information content (AvgIpc) is 2.28. The van der Waals surface area contributed by atoms with Crippen LogP contribution in [-0.4, -0.2) is 27.8 Å². The summed E-state index contributed by atoms with van der Waals surface area (Å²) < 4.78 is 12.2. The van der Waals surface area contributed by atoms with Crippen LogP contribution in [0.5, 0.6) is 0 Å². The smallest absolute Gasteiger partial charge is 0.185 e. The van der Waals surface area contributed by atoms with Gasteiger partial charge in [-0.25, -0.2) is 0 Å². The molecule has 1 saturated carbocycles. The average molecular weight is 311 g/mol. The van der Waals surface area contributed by atoms with Gasteiger partial charge in [0.15, 0.2) is 16.6 Å². The van der Waals surface area contributed by atoms with E-state index in [1.807, 2.05) is 0 Å². The molecule has 4 nitrogen and oxygen atoms in total. The lowest BCUT2D eigenvalue weighted by Gasteiger charge is -2.44. The molecule has 20 heavy (non-hydrogen) atoms. The van der Waals surface area contributed by atoms with E-state index in [2.05, 4.69) is 51.4 Å². The van der Waals surface area contributed by atoms with Gasteiger partial charge in [0.2, 0.25) is 0 Å². The predicted molar refractivity (Wildman–Crippen MR) is 84.0 cm³/mol. The SMILES string of the molecule is C[Si](C)(C)OC1(C#N)CCC(C#N)(O[Si](C)(C)C)CC1. The van der Waals surface area contributed by atoms with Crippen molar-refractivity contribution in [2.75, 3.05) is 0 Å². The maximum atomic E-state index is 9.51. The van der Waals surface area contributed by atoms with Gasteiger partial charge in [0.05, 0.1) is 12.1 Å². The molecule has 0 N–H and O–H groups in total. The third kappa shape index (κ3) is 4.71. The Balaban J connectivity index is 2.84. The topological polar surface area (TPSA) is 66.0 Å². The normalized spacial score (nSPS) is 31.4. The molecule has 0 aromatic carbocycles. The van der Waals surface area contributed by atoms with E-state index >= 15 is 0 Å². The Morgan fingerprint density at radius 1 is 0.700 bits per heavy atom. The van der Waals surface area contributed by atoms with E-state index in [0.29, 0.717) is 25.7 Å². The summed E-state index contributed by atoms with van der Waals surface area (Å²) in [6.07, 6.45) is 2.36. The number of nitrogens with zero attached hydrogens (tertiary/aromatic N) is 2. The van der Waals surface area contributed by atoms with Gasteiger partial charge in [0, 0.05) is 0 Å². The standard InChI is InChI=1S/C14H26N2O2Si2/c1-19(2,3)17-13(11-15)7-9-14(12-16,10-8-13)18-20(4,5)6/h7-10H2,1-6H3. The Labute approximate surface area is 124 Å². The minimum absolute atomic E-state index is 0.589. The van der Waals surface area contributed by atoms with Crippen LogP contribution < -0.4 is 0 Å². The lowest BCUT2D eigenvalue weighted by molar-refractivity contribution is -0.00496. The Bertz CT molecular complexity index is 388. The number of hydrogen-bond acceptors (Lipinski definition) is 4. The van der Waals surface area contributed by atoms with Crippen LogP contribution in [0.1, 0.15) is 25.7 Å². The molecule has 0 saturated heterocycles. The molecular weight excluding hydrogens is 284 g/mol. The van der Waals surface area contributed by atoms with Crippen molar-refractivity contribution in [3.63, 3.8) is 0 Å². The summed E-state index contributed by atoms with van der Waals surface area (Å²) in [4.78, 5) is 0. The van der Waals surface area contributed by atoms with Crippen molar-refractivity contribution >= 4 is 16.6 Å². The van der Waals surface area contributed by atoms with Gasteiger partial charge >= 0.3 is 0 Å². The maximum absolute atomic E-state index is 9.51. The van der Waals surface area contributed by atoms with Gasteiger partial charge in [-0.3, -0.25) is 0 Å². The Morgan fingerprint density at radius 2 is 0.950 bits per heavy atom. The highest BCUT2D eigenvalue weighted by Gasteiger charge is 2.48. The number of hydrogen-bond donors (Lipinski definition) is 0. The summed E-state index contributed by atoms with van der Waals surface area (Å²) >= 11 is 0. The van der Waals surface area contributed by atoms with E-state index in [4.69, 9.17) is 8.85 Å². The van der Waals surface area contributed by atoms with E-state index < -0.39 is 27.8 Å². The van der Waals surface area contributed by atoms with Crippen molar-refractivity contribution < 1.29 is 8.85 Å². The molecule has 1 fully saturated rings. The Morgan fingerprint density at radius 3 is 1.10 bits per heavy atom. The molecule has 0 aromatic heterocycles. The minimum Gasteiger partial charge on any atom is -0.400 e. The fourth-order valence-electron chi connectivity index (χ4n) is 2.70. The van der Waals surface area contributed by atoms with E-state index in [1.54, 1.807) is 0 Å². The molecule has 6 heteroatoms. The first-order valence-corrected chi connectivity index (χ1v) is 14.0. The Kier molecular flexibility index (Phi) is 4.88. The fourth-order valence-corrected chi connectivity index (χ4v) is 5.55. The van der Waals surface area contributed by atoms with Crippen LogP contribution in [0.25, 0.3) is 0 Å². The summed E-state index contributed by atoms with van der Waals surface area (Å²) in [6, 6.07) is 4.72. The van der Waals surface area contributed by atoms with Crippen LogP contribution in [0.4, 0.5) is 0 Å². The van der Waals surface area contributed by atoms with E-state index in [0.717, 1.165) is 0 Å². The zero-order chi connectivity index (χ0) is 15.7. The van der Waals surface area contributed by atoms with Gasteiger partial charge in [-0.2, -0.15) is 10.5 Å². The molecule has 1 aliphatic carbocycles. The highest BCUT2D eigenvalue weighted by molar-refractivity contribution is 6.70. The molecule has 112 valence electrons. The van der Waals surface area contributed by atoms with Crippen molar-refractivity contribution in [3.8, 4) is 12.1 Å². The molecule has 0 unspecified atom stereocenters. The summed E-state index contributed by atoms with van der Waals surface area (Å²) in [7, 11) is -3.56. The first-order chi connectivity index (χ1) is 8.95. The summed E-state index contributed by atoms with van der Waals surface area (Å²) in [5.74, 6) is 0.